The molecule has 1 aliphatic carbocycles. The first-order valence-electron chi connectivity index (χ1n) is 9.71. The van der Waals surface area contributed by atoms with E-state index in [2.05, 4.69) is 0 Å². The number of hydrogen-bond acceptors (Lipinski definition) is 2. The van der Waals surface area contributed by atoms with Crippen molar-refractivity contribution in [2.45, 2.75) is 32.6 Å². The molecule has 0 aromatic heterocycles. The number of piperidine rings is 1. The molecule has 4 rings (SSSR count). The van der Waals surface area contributed by atoms with Gasteiger partial charge < -0.3 is 4.90 Å². The molecule has 0 spiro atoms. The van der Waals surface area contributed by atoms with Crippen LogP contribution < -0.4 is 0 Å². The zero-order valence-electron chi connectivity index (χ0n) is 15.6. The van der Waals surface area contributed by atoms with Crippen LogP contribution in [0.1, 0.15) is 53.3 Å². The van der Waals surface area contributed by atoms with Crippen molar-refractivity contribution in [1.82, 2.24) is 4.90 Å². The summed E-state index contributed by atoms with van der Waals surface area (Å²) >= 11 is 0. The Morgan fingerprint density at radius 2 is 1.67 bits per heavy atom. The van der Waals surface area contributed by atoms with Crippen molar-refractivity contribution >= 4 is 11.7 Å². The molecule has 1 aliphatic heterocycles. The molecule has 0 N–H and O–H groups in total. The third kappa shape index (κ3) is 3.66. The van der Waals surface area contributed by atoms with Crippen LogP contribution in [0.2, 0.25) is 0 Å². The second-order valence-electron chi connectivity index (χ2n) is 7.93. The van der Waals surface area contributed by atoms with Gasteiger partial charge in [-0.25, -0.2) is 4.39 Å². The van der Waals surface area contributed by atoms with E-state index >= 15 is 0 Å². The van der Waals surface area contributed by atoms with E-state index in [1.165, 1.54) is 50.8 Å². The molecule has 27 heavy (non-hydrogen) atoms. The number of halogens is 1. The lowest BCUT2D eigenvalue weighted by molar-refractivity contribution is 0.0504. The van der Waals surface area contributed by atoms with Gasteiger partial charge in [-0.2, -0.15) is 0 Å². The Morgan fingerprint density at radius 3 is 2.30 bits per heavy atom. The lowest BCUT2D eigenvalue weighted by Gasteiger charge is -2.41. The lowest BCUT2D eigenvalue weighted by Crippen LogP contribution is -2.45. The third-order valence-corrected chi connectivity index (χ3v) is 5.94. The molecule has 2 aliphatic rings. The molecule has 3 nitrogen and oxygen atoms in total. The Kier molecular flexibility index (Phi) is 4.81. The number of rotatable bonds is 3. The summed E-state index contributed by atoms with van der Waals surface area (Å²) in [6.07, 6.45) is 5.01. The van der Waals surface area contributed by atoms with Gasteiger partial charge in [-0.05, 0) is 79.5 Å². The highest BCUT2D eigenvalue weighted by atomic mass is 19.1. The van der Waals surface area contributed by atoms with Gasteiger partial charge in [0.15, 0.2) is 5.78 Å². The van der Waals surface area contributed by atoms with E-state index in [0.717, 1.165) is 18.7 Å². The standard InChI is InChI=1S/C23H24FNO2/c1-15(26)21-10-9-20(24)12-22(21)18-5-7-19(8-6-18)23(27)25-13-16-3-2-4-17(11-16)14-25/h5-10,12,16-17H,2-4,11,13-14H2,1H3. The average Bonchev–Trinajstić information content (AvgIpc) is 2.67. The number of hydrogen-bond donors (Lipinski definition) is 0. The molecule has 2 atom stereocenters. The summed E-state index contributed by atoms with van der Waals surface area (Å²) < 4.78 is 13.7. The second-order valence-corrected chi connectivity index (χ2v) is 7.93. The number of nitrogens with zero attached hydrogens (tertiary/aromatic N) is 1. The second kappa shape index (κ2) is 7.26. The van der Waals surface area contributed by atoms with Crippen LogP contribution in [-0.2, 0) is 0 Å². The normalized spacial score (nSPS) is 21.8. The molecule has 1 saturated heterocycles. The van der Waals surface area contributed by atoms with E-state index in [1.54, 1.807) is 24.3 Å². The van der Waals surface area contributed by atoms with Crippen LogP contribution in [0, 0.1) is 17.7 Å². The first kappa shape index (κ1) is 17.9. The predicted octanol–water partition coefficient (Wildman–Crippen LogP) is 4.96. The van der Waals surface area contributed by atoms with Crippen molar-refractivity contribution in [2.75, 3.05) is 13.1 Å². The van der Waals surface area contributed by atoms with Crippen LogP contribution in [0.3, 0.4) is 0 Å². The number of carbonyl (C=O) groups is 2. The van der Waals surface area contributed by atoms with Gasteiger partial charge in [0, 0.05) is 24.2 Å². The van der Waals surface area contributed by atoms with Gasteiger partial charge in [0.2, 0.25) is 0 Å². The largest absolute Gasteiger partial charge is 0.338 e. The summed E-state index contributed by atoms with van der Waals surface area (Å²) in [5.74, 6) is 0.876. The van der Waals surface area contributed by atoms with Gasteiger partial charge >= 0.3 is 0 Å². The van der Waals surface area contributed by atoms with Gasteiger partial charge in [0.25, 0.3) is 5.91 Å². The average molecular weight is 365 g/mol. The number of benzene rings is 2. The molecule has 0 radical (unpaired) electrons. The Bertz CT molecular complexity index is 862. The number of carbonyl (C=O) groups excluding carboxylic acids is 2. The van der Waals surface area contributed by atoms with Crippen molar-refractivity contribution in [1.29, 1.82) is 0 Å². The number of amides is 1. The molecule has 4 heteroatoms. The highest BCUT2D eigenvalue weighted by Gasteiger charge is 2.32. The molecule has 2 aromatic carbocycles. The van der Waals surface area contributed by atoms with Crippen LogP contribution in [0.5, 0.6) is 0 Å². The summed E-state index contributed by atoms with van der Waals surface area (Å²) in [6.45, 7) is 3.19. The molecule has 2 fully saturated rings. The SMILES string of the molecule is CC(=O)c1ccc(F)cc1-c1ccc(C(=O)N2CC3CCCC(C3)C2)cc1. The van der Waals surface area contributed by atoms with E-state index < -0.39 is 0 Å². The minimum Gasteiger partial charge on any atom is -0.338 e. The first-order valence-corrected chi connectivity index (χ1v) is 9.71. The highest BCUT2D eigenvalue weighted by Crippen LogP contribution is 2.35. The Labute approximate surface area is 159 Å². The first-order chi connectivity index (χ1) is 13.0. The molecule has 2 unspecified atom stereocenters. The molecule has 2 bridgehead atoms. The summed E-state index contributed by atoms with van der Waals surface area (Å²) in [6, 6.07) is 11.4. The number of fused-ring (bicyclic) bond motifs is 2. The zero-order valence-corrected chi connectivity index (χ0v) is 15.6. The smallest absolute Gasteiger partial charge is 0.253 e. The van der Waals surface area contributed by atoms with Gasteiger partial charge in [-0.3, -0.25) is 9.59 Å². The fourth-order valence-corrected chi connectivity index (χ4v) is 4.63. The van der Waals surface area contributed by atoms with E-state index in [4.69, 9.17) is 0 Å². The lowest BCUT2D eigenvalue weighted by atomic mass is 9.78. The molecule has 1 saturated carbocycles. The van der Waals surface area contributed by atoms with Gasteiger partial charge in [0.05, 0.1) is 0 Å². The maximum absolute atomic E-state index is 13.7. The number of likely N-dealkylation sites (tertiary alicyclic amines) is 1. The Balaban J connectivity index is 1.57. The summed E-state index contributed by atoms with van der Waals surface area (Å²) in [4.78, 5) is 26.8. The van der Waals surface area contributed by atoms with E-state index in [9.17, 15) is 14.0 Å². The fourth-order valence-electron chi connectivity index (χ4n) is 4.63. The molecule has 2 aromatic rings. The van der Waals surface area contributed by atoms with Crippen molar-refractivity contribution in [3.63, 3.8) is 0 Å². The topological polar surface area (TPSA) is 37.4 Å². The Hall–Kier alpha value is -2.49. The molecule has 1 heterocycles. The van der Waals surface area contributed by atoms with Gasteiger partial charge in [0.1, 0.15) is 5.82 Å². The van der Waals surface area contributed by atoms with Crippen molar-refractivity contribution in [3.05, 3.63) is 59.4 Å². The van der Waals surface area contributed by atoms with E-state index in [0.29, 0.717) is 28.5 Å². The summed E-state index contributed by atoms with van der Waals surface area (Å²) in [5.41, 5.74) is 2.44. The molecular weight excluding hydrogens is 341 g/mol. The van der Waals surface area contributed by atoms with Gasteiger partial charge in [-0.15, -0.1) is 0 Å². The number of Topliss-reactive ketones (excluding diaryl/α,β-unsaturated/α-hetero) is 1. The van der Waals surface area contributed by atoms with Crippen LogP contribution in [0.15, 0.2) is 42.5 Å². The monoisotopic (exact) mass is 365 g/mol. The third-order valence-electron chi connectivity index (χ3n) is 5.94. The van der Waals surface area contributed by atoms with E-state index in [1.807, 2.05) is 4.90 Å². The minimum atomic E-state index is -0.380. The van der Waals surface area contributed by atoms with Crippen LogP contribution in [-0.4, -0.2) is 29.7 Å². The highest BCUT2D eigenvalue weighted by molar-refractivity contribution is 6.01. The summed E-state index contributed by atoms with van der Waals surface area (Å²) in [5, 5.41) is 0. The van der Waals surface area contributed by atoms with Gasteiger partial charge in [-0.1, -0.05) is 18.6 Å². The Morgan fingerprint density at radius 1 is 1.00 bits per heavy atom. The fraction of sp³-hybridized carbons (Fsp3) is 0.391. The van der Waals surface area contributed by atoms with Crippen LogP contribution >= 0.6 is 0 Å². The zero-order chi connectivity index (χ0) is 19.0. The predicted molar refractivity (Wildman–Crippen MR) is 103 cm³/mol. The summed E-state index contributed by atoms with van der Waals surface area (Å²) in [7, 11) is 0. The van der Waals surface area contributed by atoms with Crippen molar-refractivity contribution in [3.8, 4) is 11.1 Å². The molecular formula is C23H24FNO2. The molecule has 140 valence electrons. The maximum atomic E-state index is 13.7. The quantitative estimate of drug-likeness (QED) is 0.721. The van der Waals surface area contributed by atoms with Crippen LogP contribution in [0.4, 0.5) is 4.39 Å². The van der Waals surface area contributed by atoms with E-state index in [-0.39, 0.29) is 17.5 Å². The minimum absolute atomic E-state index is 0.0733. The van der Waals surface area contributed by atoms with Crippen molar-refractivity contribution < 1.29 is 14.0 Å². The molecule has 1 amide bonds. The van der Waals surface area contributed by atoms with Crippen LogP contribution in [0.25, 0.3) is 11.1 Å². The number of ketones is 1. The maximum Gasteiger partial charge on any atom is 0.253 e. The van der Waals surface area contributed by atoms with Crippen molar-refractivity contribution in [2.24, 2.45) is 11.8 Å².